The van der Waals surface area contributed by atoms with Crippen LogP contribution in [0.5, 0.6) is 0 Å². The Labute approximate surface area is 206 Å². The zero-order valence-electron chi connectivity index (χ0n) is 18.8. The maximum atomic E-state index is 13.0. The van der Waals surface area contributed by atoms with Gasteiger partial charge in [-0.3, -0.25) is 4.79 Å². The number of benzene rings is 2. The Morgan fingerprint density at radius 2 is 1.76 bits per heavy atom. The van der Waals surface area contributed by atoms with Crippen LogP contribution in [-0.2, 0) is 9.53 Å². The first-order chi connectivity index (χ1) is 16.2. The Hall–Kier alpha value is -3.42. The maximum Gasteiger partial charge on any atom is 0.339 e. The van der Waals surface area contributed by atoms with Crippen LogP contribution >= 0.6 is 23.2 Å². The second-order valence-corrected chi connectivity index (χ2v) is 8.88. The van der Waals surface area contributed by atoms with E-state index in [1.807, 2.05) is 45.0 Å². The van der Waals surface area contributed by atoms with Crippen LogP contribution in [0.15, 0.2) is 54.7 Å². The van der Waals surface area contributed by atoms with Gasteiger partial charge < -0.3 is 10.1 Å². The van der Waals surface area contributed by atoms with Gasteiger partial charge in [-0.05, 0) is 39.0 Å². The van der Waals surface area contributed by atoms with E-state index in [9.17, 15) is 9.59 Å². The van der Waals surface area contributed by atoms with Crippen molar-refractivity contribution in [2.75, 3.05) is 11.9 Å². The quantitative estimate of drug-likeness (QED) is 0.326. The number of halogens is 2. The van der Waals surface area contributed by atoms with Crippen molar-refractivity contribution < 1.29 is 14.3 Å². The number of esters is 1. The fourth-order valence-electron chi connectivity index (χ4n) is 3.44. The van der Waals surface area contributed by atoms with Gasteiger partial charge in [0.2, 0.25) is 0 Å². The fraction of sp³-hybridized carbons (Fsp3) is 0.200. The number of carbonyl (C=O) groups excluding carboxylic acids is 2. The minimum Gasteiger partial charge on any atom is -0.452 e. The van der Waals surface area contributed by atoms with Gasteiger partial charge in [0, 0.05) is 11.6 Å². The lowest BCUT2D eigenvalue weighted by Crippen LogP contribution is -2.21. The number of carbonyl (C=O) groups is 2. The molecule has 2 aromatic carbocycles. The molecule has 4 rings (SSSR count). The number of para-hydroxylation sites is 1. The summed E-state index contributed by atoms with van der Waals surface area (Å²) < 4.78 is 7.07. The molecule has 0 atom stereocenters. The van der Waals surface area contributed by atoms with Crippen LogP contribution < -0.4 is 5.32 Å². The van der Waals surface area contributed by atoms with E-state index in [0.29, 0.717) is 16.7 Å². The third-order valence-electron chi connectivity index (χ3n) is 5.18. The molecule has 2 heterocycles. The first kappa shape index (κ1) is 23.7. The maximum absolute atomic E-state index is 13.0. The highest BCUT2D eigenvalue weighted by Gasteiger charge is 2.21. The van der Waals surface area contributed by atoms with Gasteiger partial charge in [0.15, 0.2) is 12.3 Å². The van der Waals surface area contributed by atoms with Gasteiger partial charge in [0.05, 0.1) is 38.6 Å². The van der Waals surface area contributed by atoms with E-state index < -0.39 is 18.5 Å². The van der Waals surface area contributed by atoms with Crippen LogP contribution in [0.3, 0.4) is 0 Å². The summed E-state index contributed by atoms with van der Waals surface area (Å²) in [5.74, 6) is -1.23. The van der Waals surface area contributed by atoms with E-state index in [1.54, 1.807) is 35.1 Å². The van der Waals surface area contributed by atoms with Crippen LogP contribution in [0, 0.1) is 6.92 Å². The fourth-order valence-corrected chi connectivity index (χ4v) is 3.93. The average molecular weight is 497 g/mol. The smallest absolute Gasteiger partial charge is 0.339 e. The minimum absolute atomic E-state index is 0.0354. The number of hydrogen-bond acceptors (Lipinski definition) is 5. The number of hydrogen-bond donors (Lipinski definition) is 1. The van der Waals surface area contributed by atoms with Crippen molar-refractivity contribution in [1.82, 2.24) is 14.8 Å². The minimum atomic E-state index is -0.663. The molecule has 1 amide bonds. The van der Waals surface area contributed by atoms with Crippen molar-refractivity contribution in [3.8, 4) is 11.3 Å². The summed E-state index contributed by atoms with van der Waals surface area (Å²) in [6.45, 7) is 5.45. The summed E-state index contributed by atoms with van der Waals surface area (Å²) >= 11 is 12.2. The van der Waals surface area contributed by atoms with E-state index in [1.165, 1.54) is 0 Å². The summed E-state index contributed by atoms with van der Waals surface area (Å²) in [6, 6.07) is 14.4. The molecule has 0 unspecified atom stereocenters. The molecule has 9 heteroatoms. The van der Waals surface area contributed by atoms with Gasteiger partial charge in [-0.25, -0.2) is 14.5 Å². The number of aryl methyl sites for hydroxylation is 1. The third-order valence-corrected chi connectivity index (χ3v) is 5.81. The number of rotatable bonds is 6. The van der Waals surface area contributed by atoms with Crippen molar-refractivity contribution in [3.05, 3.63) is 75.9 Å². The summed E-state index contributed by atoms with van der Waals surface area (Å²) in [7, 11) is 0. The van der Waals surface area contributed by atoms with Gasteiger partial charge in [0.25, 0.3) is 5.91 Å². The van der Waals surface area contributed by atoms with Crippen molar-refractivity contribution in [3.63, 3.8) is 0 Å². The van der Waals surface area contributed by atoms with Crippen LogP contribution in [0.1, 0.15) is 35.8 Å². The van der Waals surface area contributed by atoms with Crippen LogP contribution in [-0.4, -0.2) is 33.2 Å². The number of pyridine rings is 1. The van der Waals surface area contributed by atoms with E-state index in [-0.39, 0.29) is 27.3 Å². The molecule has 0 fully saturated rings. The van der Waals surface area contributed by atoms with Gasteiger partial charge in [-0.15, -0.1) is 0 Å². The number of nitrogens with zero attached hydrogens (tertiary/aromatic N) is 3. The molecule has 0 saturated heterocycles. The summed E-state index contributed by atoms with van der Waals surface area (Å²) in [4.78, 5) is 30.2. The molecular formula is C25H22Cl2N4O3. The molecule has 0 aliphatic heterocycles. The number of aromatic nitrogens is 3. The van der Waals surface area contributed by atoms with Crippen LogP contribution in [0.2, 0.25) is 10.0 Å². The van der Waals surface area contributed by atoms with E-state index in [2.05, 4.69) is 10.4 Å². The molecule has 7 nitrogen and oxygen atoms in total. The normalized spacial score (nSPS) is 11.1. The first-order valence-electron chi connectivity index (χ1n) is 10.6. The third kappa shape index (κ3) is 4.90. The molecule has 0 aliphatic carbocycles. The Balaban J connectivity index is 1.62. The lowest BCUT2D eigenvalue weighted by molar-refractivity contribution is -0.119. The van der Waals surface area contributed by atoms with Crippen molar-refractivity contribution >= 4 is 51.8 Å². The number of nitrogens with one attached hydrogen (secondary N) is 1. The second-order valence-electron chi connectivity index (χ2n) is 8.06. The van der Waals surface area contributed by atoms with Gasteiger partial charge in [0.1, 0.15) is 0 Å². The Morgan fingerprint density at radius 3 is 2.41 bits per heavy atom. The molecule has 34 heavy (non-hydrogen) atoms. The Kier molecular flexibility index (Phi) is 6.86. The number of fused-ring (bicyclic) bond motifs is 1. The molecule has 0 spiro atoms. The summed E-state index contributed by atoms with van der Waals surface area (Å²) in [5, 5.41) is 8.08. The van der Waals surface area contributed by atoms with E-state index >= 15 is 0 Å². The van der Waals surface area contributed by atoms with Crippen LogP contribution in [0.4, 0.5) is 5.69 Å². The zero-order valence-corrected chi connectivity index (χ0v) is 20.3. The van der Waals surface area contributed by atoms with Gasteiger partial charge in [-0.2, -0.15) is 5.10 Å². The standard InChI is InChI=1S/C25H22Cl2N4O3/c1-14(2)31-24-18(12-28-31)17(11-21(29-24)16-9-7-15(3)8-10-16)25(33)34-13-22(32)30-23-19(26)5-4-6-20(23)27/h4-12,14H,13H2,1-3H3,(H,30,32). The highest BCUT2D eigenvalue weighted by atomic mass is 35.5. The average Bonchev–Trinajstić information content (AvgIpc) is 3.24. The second kappa shape index (κ2) is 9.83. The largest absolute Gasteiger partial charge is 0.452 e. The number of amides is 1. The Bertz CT molecular complexity index is 1360. The van der Waals surface area contributed by atoms with E-state index in [4.69, 9.17) is 32.9 Å². The lowest BCUT2D eigenvalue weighted by atomic mass is 10.1. The highest BCUT2D eigenvalue weighted by molar-refractivity contribution is 6.39. The van der Waals surface area contributed by atoms with Crippen molar-refractivity contribution in [2.45, 2.75) is 26.8 Å². The monoisotopic (exact) mass is 496 g/mol. The number of ether oxygens (including phenoxy) is 1. The van der Waals surface area contributed by atoms with Crippen molar-refractivity contribution in [2.24, 2.45) is 0 Å². The summed E-state index contributed by atoms with van der Waals surface area (Å²) in [5.41, 5.74) is 3.67. The highest BCUT2D eigenvalue weighted by Crippen LogP contribution is 2.30. The molecule has 0 saturated carbocycles. The lowest BCUT2D eigenvalue weighted by Gasteiger charge is -2.12. The predicted octanol–water partition coefficient (Wildman–Crippen LogP) is 6.09. The molecule has 1 N–H and O–H groups in total. The van der Waals surface area contributed by atoms with Crippen molar-refractivity contribution in [1.29, 1.82) is 0 Å². The first-order valence-corrected chi connectivity index (χ1v) is 11.4. The molecule has 2 aromatic heterocycles. The Morgan fingerprint density at radius 1 is 1.09 bits per heavy atom. The predicted molar refractivity (Wildman–Crippen MR) is 133 cm³/mol. The van der Waals surface area contributed by atoms with Gasteiger partial charge >= 0.3 is 5.97 Å². The topological polar surface area (TPSA) is 86.1 Å². The molecular weight excluding hydrogens is 475 g/mol. The molecule has 4 aromatic rings. The van der Waals surface area contributed by atoms with Gasteiger partial charge in [-0.1, -0.05) is 59.1 Å². The molecule has 0 bridgehead atoms. The summed E-state index contributed by atoms with van der Waals surface area (Å²) in [6.07, 6.45) is 1.58. The zero-order chi connectivity index (χ0) is 24.4. The SMILES string of the molecule is Cc1ccc(-c2cc(C(=O)OCC(=O)Nc3c(Cl)cccc3Cl)c3cnn(C(C)C)c3n2)cc1. The van der Waals surface area contributed by atoms with E-state index in [0.717, 1.165) is 11.1 Å². The molecule has 0 radical (unpaired) electrons. The van der Waals surface area contributed by atoms with Crippen LogP contribution in [0.25, 0.3) is 22.3 Å². The number of anilines is 1. The molecule has 0 aliphatic rings. The molecule has 174 valence electrons.